The number of carbonyl (C=O) groups is 1. The van der Waals surface area contributed by atoms with Gasteiger partial charge in [0.15, 0.2) is 0 Å². The number of aliphatic hydroxyl groups is 1. The Morgan fingerprint density at radius 2 is 1.73 bits per heavy atom. The first kappa shape index (κ1) is 25.2. The van der Waals surface area contributed by atoms with Crippen LogP contribution in [0.2, 0.25) is 0 Å². The molecule has 1 fully saturated rings. The zero-order chi connectivity index (χ0) is 25.5. The highest BCUT2D eigenvalue weighted by atomic mass is 16.5. The number of hydrogen-bond acceptors (Lipinski definition) is 4. The van der Waals surface area contributed by atoms with Gasteiger partial charge >= 0.3 is 0 Å². The van der Waals surface area contributed by atoms with Gasteiger partial charge in [0.1, 0.15) is 18.5 Å². The summed E-state index contributed by atoms with van der Waals surface area (Å²) in [5.41, 5.74) is 3.50. The zero-order valence-electron chi connectivity index (χ0n) is 21.4. The van der Waals surface area contributed by atoms with Crippen molar-refractivity contribution in [1.82, 2.24) is 9.80 Å². The fourth-order valence-electron chi connectivity index (χ4n) is 5.20. The van der Waals surface area contributed by atoms with Crippen LogP contribution >= 0.6 is 0 Å². The molecule has 2 aliphatic heterocycles. The Morgan fingerprint density at radius 1 is 0.946 bits per heavy atom. The fraction of sp³-hybridized carbons (Fsp3) is 0.344. The molecule has 2 aliphatic rings. The predicted octanol–water partition coefficient (Wildman–Crippen LogP) is 5.39. The third-order valence-electron chi connectivity index (χ3n) is 7.31. The van der Waals surface area contributed by atoms with E-state index in [1.807, 2.05) is 35.2 Å². The van der Waals surface area contributed by atoms with E-state index in [1.165, 1.54) is 28.3 Å². The zero-order valence-corrected chi connectivity index (χ0v) is 21.4. The van der Waals surface area contributed by atoms with Crippen LogP contribution in [-0.4, -0.2) is 66.2 Å². The van der Waals surface area contributed by atoms with Crippen molar-refractivity contribution in [2.24, 2.45) is 0 Å². The summed E-state index contributed by atoms with van der Waals surface area (Å²) in [5.74, 6) is 0.733. The second-order valence-corrected chi connectivity index (χ2v) is 10.0. The van der Waals surface area contributed by atoms with E-state index in [-0.39, 0.29) is 12.5 Å². The first-order valence-electron chi connectivity index (χ1n) is 13.4. The Kier molecular flexibility index (Phi) is 8.34. The van der Waals surface area contributed by atoms with Gasteiger partial charge in [0.05, 0.1) is 0 Å². The number of benzene rings is 3. The van der Waals surface area contributed by atoms with Crippen LogP contribution in [0.3, 0.4) is 0 Å². The molecular weight excluding hydrogens is 460 g/mol. The number of amides is 1. The summed E-state index contributed by atoms with van der Waals surface area (Å²) in [6.45, 7) is 4.17. The molecule has 0 aromatic heterocycles. The van der Waals surface area contributed by atoms with E-state index in [0.29, 0.717) is 12.3 Å². The van der Waals surface area contributed by atoms with Crippen molar-refractivity contribution in [2.45, 2.75) is 31.8 Å². The molecule has 3 aromatic rings. The molecule has 192 valence electrons. The van der Waals surface area contributed by atoms with Gasteiger partial charge in [-0.05, 0) is 65.8 Å². The molecule has 1 atom stereocenters. The molecule has 0 aliphatic carbocycles. The molecule has 1 amide bonds. The minimum atomic E-state index is -0.595. The maximum atomic E-state index is 12.5. The maximum absolute atomic E-state index is 12.5. The molecule has 0 bridgehead atoms. The number of nitrogens with zero attached hydrogens (tertiary/aromatic N) is 2. The van der Waals surface area contributed by atoms with Crippen molar-refractivity contribution in [3.05, 3.63) is 90.0 Å². The summed E-state index contributed by atoms with van der Waals surface area (Å²) in [6, 6.07) is 22.8. The molecule has 3 aromatic carbocycles. The van der Waals surface area contributed by atoms with Crippen LogP contribution in [0, 0.1) is 0 Å². The highest BCUT2D eigenvalue weighted by Crippen LogP contribution is 2.26. The van der Waals surface area contributed by atoms with E-state index in [1.54, 1.807) is 6.08 Å². The number of likely N-dealkylation sites (tertiary alicyclic amines) is 1. The van der Waals surface area contributed by atoms with Gasteiger partial charge in [0.2, 0.25) is 5.91 Å². The van der Waals surface area contributed by atoms with Crippen molar-refractivity contribution in [3.8, 4) is 5.75 Å². The molecule has 0 saturated carbocycles. The van der Waals surface area contributed by atoms with E-state index in [4.69, 9.17) is 4.74 Å². The van der Waals surface area contributed by atoms with Gasteiger partial charge in [-0.15, -0.1) is 0 Å². The summed E-state index contributed by atoms with van der Waals surface area (Å²) in [4.78, 5) is 16.7. The van der Waals surface area contributed by atoms with E-state index >= 15 is 0 Å². The van der Waals surface area contributed by atoms with E-state index in [0.717, 1.165) is 51.0 Å². The Hall–Kier alpha value is -3.41. The molecule has 1 saturated heterocycles. The molecule has 1 N–H and O–H groups in total. The fourth-order valence-corrected chi connectivity index (χ4v) is 5.20. The lowest BCUT2D eigenvalue weighted by atomic mass is 9.97. The van der Waals surface area contributed by atoms with Gasteiger partial charge in [-0.3, -0.25) is 9.69 Å². The van der Waals surface area contributed by atoms with Crippen LogP contribution in [0.15, 0.2) is 78.9 Å². The molecule has 0 spiro atoms. The van der Waals surface area contributed by atoms with Crippen molar-refractivity contribution in [1.29, 1.82) is 0 Å². The maximum Gasteiger partial charge on any atom is 0.246 e. The van der Waals surface area contributed by atoms with Crippen LogP contribution in [0.4, 0.5) is 0 Å². The highest BCUT2D eigenvalue weighted by Gasteiger charge is 2.18. The number of fused-ring (bicyclic) bond motifs is 1. The third-order valence-corrected chi connectivity index (χ3v) is 7.31. The van der Waals surface area contributed by atoms with Crippen LogP contribution in [0.25, 0.3) is 22.4 Å². The van der Waals surface area contributed by atoms with Gasteiger partial charge in [-0.25, -0.2) is 0 Å². The summed E-state index contributed by atoms with van der Waals surface area (Å²) in [7, 11) is 0. The molecule has 0 radical (unpaired) electrons. The number of aliphatic hydroxyl groups excluding tert-OH is 1. The van der Waals surface area contributed by atoms with Crippen molar-refractivity contribution >= 4 is 28.3 Å². The number of ether oxygens (including phenoxy) is 1. The number of hydrogen-bond donors (Lipinski definition) is 1. The average molecular weight is 497 g/mol. The van der Waals surface area contributed by atoms with E-state index in [2.05, 4.69) is 53.4 Å². The van der Waals surface area contributed by atoms with Crippen molar-refractivity contribution in [3.63, 3.8) is 0 Å². The van der Waals surface area contributed by atoms with Gasteiger partial charge in [0, 0.05) is 44.4 Å². The lowest BCUT2D eigenvalue weighted by Crippen LogP contribution is -2.38. The van der Waals surface area contributed by atoms with Crippen molar-refractivity contribution < 1.29 is 14.6 Å². The summed E-state index contributed by atoms with van der Waals surface area (Å²) < 4.78 is 5.98. The Morgan fingerprint density at radius 3 is 2.54 bits per heavy atom. The topological polar surface area (TPSA) is 53.0 Å². The lowest BCUT2D eigenvalue weighted by Gasteiger charge is -2.28. The van der Waals surface area contributed by atoms with E-state index in [9.17, 15) is 9.90 Å². The molecule has 5 rings (SSSR count). The highest BCUT2D eigenvalue weighted by molar-refractivity contribution is 5.92. The Bertz CT molecular complexity index is 1280. The number of carbonyl (C=O) groups excluding carboxylic acids is 1. The molecule has 1 unspecified atom stereocenters. The van der Waals surface area contributed by atoms with Gasteiger partial charge in [0.25, 0.3) is 0 Å². The monoisotopic (exact) mass is 496 g/mol. The first-order chi connectivity index (χ1) is 18.2. The first-order valence-corrected chi connectivity index (χ1v) is 13.4. The van der Waals surface area contributed by atoms with E-state index < -0.39 is 6.10 Å². The standard InChI is InChI=1S/C32H36N2O3/c35-30(23-33-20-16-26(17-21-33)29-13-12-25-8-2-3-10-28(25)22-29)24-37-31-11-5-4-9-27(31)14-15-32(36)34-18-6-1-7-19-34/h2-5,8-16,22,30,35H,1,6-7,17-21,23-24H2. The average Bonchev–Trinajstić information content (AvgIpc) is 2.96. The minimum Gasteiger partial charge on any atom is -0.490 e. The molecular formula is C32H36N2O3. The van der Waals surface area contributed by atoms with Gasteiger partial charge < -0.3 is 14.7 Å². The normalized spacial score (nSPS) is 17.6. The SMILES string of the molecule is O=C(C=Cc1ccccc1OCC(O)CN1CC=C(c2ccc3ccccc3c2)CC1)N1CCCCC1. The number of para-hydroxylation sites is 1. The lowest BCUT2D eigenvalue weighted by molar-refractivity contribution is -0.126. The minimum absolute atomic E-state index is 0.0516. The number of rotatable bonds is 8. The van der Waals surface area contributed by atoms with Crippen molar-refractivity contribution in [2.75, 3.05) is 39.3 Å². The van der Waals surface area contributed by atoms with Crippen LogP contribution in [-0.2, 0) is 4.79 Å². The number of piperidine rings is 1. The third kappa shape index (κ3) is 6.68. The number of β-amino-alcohol motifs (C(OH)–C–C–N with tert-alkyl or cyclic N) is 1. The molecule has 37 heavy (non-hydrogen) atoms. The summed E-state index contributed by atoms with van der Waals surface area (Å²) in [6.07, 6.45) is 9.46. The smallest absolute Gasteiger partial charge is 0.246 e. The van der Waals surface area contributed by atoms with Crippen LogP contribution in [0.1, 0.15) is 36.8 Å². The summed E-state index contributed by atoms with van der Waals surface area (Å²) >= 11 is 0. The molecule has 5 nitrogen and oxygen atoms in total. The largest absolute Gasteiger partial charge is 0.490 e. The Labute approximate surface area is 219 Å². The molecule has 5 heteroatoms. The Balaban J connectivity index is 1.12. The second kappa shape index (κ2) is 12.2. The van der Waals surface area contributed by atoms with Crippen LogP contribution in [0.5, 0.6) is 5.75 Å². The predicted molar refractivity (Wildman–Crippen MR) is 150 cm³/mol. The molecule has 2 heterocycles. The van der Waals surface area contributed by atoms with Crippen LogP contribution < -0.4 is 4.74 Å². The second-order valence-electron chi connectivity index (χ2n) is 10.0. The quantitative estimate of drug-likeness (QED) is 0.425. The summed E-state index contributed by atoms with van der Waals surface area (Å²) in [5, 5.41) is 13.2. The van der Waals surface area contributed by atoms with Gasteiger partial charge in [-0.1, -0.05) is 60.7 Å². The van der Waals surface area contributed by atoms with Gasteiger partial charge in [-0.2, -0.15) is 0 Å².